The predicted octanol–water partition coefficient (Wildman–Crippen LogP) is -9.60. The van der Waals surface area contributed by atoms with Crippen molar-refractivity contribution in [1.82, 2.24) is 106 Å². The molecule has 48 nitrogen and oxygen atoms in total. The van der Waals surface area contributed by atoms with Gasteiger partial charge in [0, 0.05) is 62.0 Å². The molecular weight excluding hydrogens is 1770 g/mol. The van der Waals surface area contributed by atoms with E-state index in [9.17, 15) is 86.6 Å². The maximum atomic E-state index is 14.6. The molecule has 0 spiro atoms. The largest absolute Gasteiger partial charge is 0.508 e. The Morgan fingerprint density at radius 1 is 0.315 bits per heavy atom. The Hall–Kier alpha value is -12.3. The molecule has 0 heterocycles. The van der Waals surface area contributed by atoms with Crippen molar-refractivity contribution in [2.75, 3.05) is 75.4 Å². The lowest BCUT2D eigenvalue weighted by Crippen LogP contribution is -2.61. The summed E-state index contributed by atoms with van der Waals surface area (Å²) in [5.74, 6) is -19.8. The molecule has 13 unspecified atom stereocenters. The van der Waals surface area contributed by atoms with Gasteiger partial charge in [-0.3, -0.25) is 103 Å². The van der Waals surface area contributed by atoms with Gasteiger partial charge in [0.1, 0.15) is 78.3 Å². The number of primary amides is 1. The van der Waals surface area contributed by atoms with Crippen LogP contribution in [0, 0.1) is 39.4 Å². The van der Waals surface area contributed by atoms with E-state index in [0.717, 1.165) is 0 Å². The first kappa shape index (κ1) is 114. The van der Waals surface area contributed by atoms with E-state index in [1.807, 2.05) is 0 Å². The molecule has 2 rings (SSSR count). The molecule has 13 atom stereocenters. The van der Waals surface area contributed by atoms with Crippen molar-refractivity contribution in [1.29, 1.82) is 21.6 Å². The van der Waals surface area contributed by atoms with Crippen molar-refractivity contribution < 1.29 is 86.6 Å². The number of thiol groups is 4. The summed E-state index contributed by atoms with van der Waals surface area (Å²) in [6.45, 7) is 7.61. The number of benzene rings is 2. The Balaban J connectivity index is 2.39. The fourth-order valence-electron chi connectivity index (χ4n) is 12.0. The van der Waals surface area contributed by atoms with Crippen LogP contribution in [0.25, 0.3) is 0 Å². The Bertz CT molecular complexity index is 4160. The van der Waals surface area contributed by atoms with Crippen molar-refractivity contribution in [2.45, 2.75) is 191 Å². The first-order valence-electron chi connectivity index (χ1n) is 41.7. The van der Waals surface area contributed by atoms with Gasteiger partial charge in [-0.05, 0) is 98.8 Å². The minimum atomic E-state index is -1.59. The van der Waals surface area contributed by atoms with Gasteiger partial charge in [-0.1, -0.05) is 84.0 Å². The summed E-state index contributed by atoms with van der Waals surface area (Å²) in [7, 11) is 0. The summed E-state index contributed by atoms with van der Waals surface area (Å²) in [6, 6.07) is -4.53. The lowest BCUT2D eigenvalue weighted by atomic mass is 10.0. The average molecular weight is 1900 g/mol. The van der Waals surface area contributed by atoms with Gasteiger partial charge in [0.15, 0.2) is 23.8 Å². The molecule has 2 aromatic rings. The van der Waals surface area contributed by atoms with Crippen LogP contribution in [0.15, 0.2) is 54.6 Å². The number of amides is 17. The number of hydrogen-bond donors (Lipinski definition) is 35. The Kier molecular flexibility index (Phi) is 53.6. The quantitative estimate of drug-likeness (QED) is 0.0127. The highest BCUT2D eigenvalue weighted by Crippen LogP contribution is 2.15. The van der Waals surface area contributed by atoms with E-state index >= 15 is 0 Å². The SMILES string of the molecule is CC(C)CC(NC(=O)CNC(=O)CNC(=O)C(N)CCCNC(=N)N)C(=O)NC(CS)C(=O)NC(Cc1ccc(O)cc1)C(=O)NC(CS)C(=O)NC(CCCNC(=N)N)C(=O)NCC(=O)NC(CCCNC(=N)N)C(=O)NC(Cc1ccccc1)C(=O)NC(CS)C(=O)NC(C(=O)NC(CS)C(=O)NC(C(=O)NCC(=O)NC(CCCNC(=N)N)C(N)=O)C(C)C)C(C)C. The van der Waals surface area contributed by atoms with Crippen molar-refractivity contribution in [2.24, 2.45) is 52.2 Å². The van der Waals surface area contributed by atoms with Gasteiger partial charge in [0.25, 0.3) is 0 Å². The summed E-state index contributed by atoms with van der Waals surface area (Å²) in [5.41, 5.74) is 33.8. The number of nitrogens with one attached hydrogen (secondary N) is 24. The summed E-state index contributed by atoms with van der Waals surface area (Å²) in [6.07, 6.45) is 0.134. The van der Waals surface area contributed by atoms with Crippen LogP contribution in [0.3, 0.4) is 0 Å². The molecule has 17 amide bonds. The zero-order valence-electron chi connectivity index (χ0n) is 73.3. The zero-order chi connectivity index (χ0) is 97.9. The van der Waals surface area contributed by atoms with E-state index in [1.54, 1.807) is 71.9 Å². The normalized spacial score (nSPS) is 13.9. The van der Waals surface area contributed by atoms with E-state index in [1.165, 1.54) is 24.3 Å². The lowest BCUT2D eigenvalue weighted by Gasteiger charge is -2.28. The number of rotatable bonds is 61. The van der Waals surface area contributed by atoms with Gasteiger partial charge in [0.05, 0.1) is 32.2 Å². The number of phenols is 1. The van der Waals surface area contributed by atoms with Gasteiger partial charge >= 0.3 is 0 Å². The number of carbonyl (C=O) groups excluding carboxylic acids is 17. The number of guanidine groups is 4. The van der Waals surface area contributed by atoms with E-state index in [2.05, 4.69) is 157 Å². The second-order valence-electron chi connectivity index (χ2n) is 31.0. The number of hydrogen-bond acceptors (Lipinski definition) is 27. The van der Waals surface area contributed by atoms with Crippen LogP contribution in [0.2, 0.25) is 0 Å². The molecule has 0 saturated heterocycles. The third-order valence-electron chi connectivity index (χ3n) is 19.0. The smallest absolute Gasteiger partial charge is 0.244 e. The zero-order valence-corrected chi connectivity index (χ0v) is 76.9. The summed E-state index contributed by atoms with van der Waals surface area (Å²) < 4.78 is 0. The first-order valence-corrected chi connectivity index (χ1v) is 44.2. The van der Waals surface area contributed by atoms with Crippen LogP contribution in [0.1, 0.15) is 110 Å². The second-order valence-corrected chi connectivity index (χ2v) is 32.5. The van der Waals surface area contributed by atoms with Gasteiger partial charge < -0.3 is 146 Å². The fourth-order valence-corrected chi connectivity index (χ4v) is 13.0. The van der Waals surface area contributed by atoms with E-state index in [-0.39, 0.29) is 119 Å². The van der Waals surface area contributed by atoms with Crippen LogP contribution in [0.5, 0.6) is 5.75 Å². The van der Waals surface area contributed by atoms with Crippen LogP contribution >= 0.6 is 50.5 Å². The summed E-state index contributed by atoms with van der Waals surface area (Å²) >= 11 is 17.2. The van der Waals surface area contributed by atoms with Crippen LogP contribution in [0.4, 0.5) is 0 Å². The molecular formula is C78H130N30O18S4. The molecule has 0 saturated carbocycles. The monoisotopic (exact) mass is 1900 g/mol. The summed E-state index contributed by atoms with van der Waals surface area (Å²) in [4.78, 5) is 233. The van der Waals surface area contributed by atoms with Crippen molar-refractivity contribution in [3.63, 3.8) is 0 Å². The number of phenolic OH excluding ortho intramolecular Hbond substituents is 1. The highest BCUT2D eigenvalue weighted by atomic mass is 32.1. The molecule has 0 radical (unpaired) electrons. The van der Waals surface area contributed by atoms with Gasteiger partial charge in [-0.15, -0.1) is 0 Å². The van der Waals surface area contributed by atoms with E-state index in [4.69, 9.17) is 56.0 Å². The summed E-state index contributed by atoms with van der Waals surface area (Å²) in [5, 5.41) is 90.2. The van der Waals surface area contributed by atoms with Crippen molar-refractivity contribution in [3.8, 4) is 5.75 Å². The standard InChI is InChI=1S/C78H130N30O18S4/c1-39(2)28-49(99-57(111)32-93-56(110)31-94-63(115)45(79)16-10-24-89-75(81)82)66(118)103-53(36-128)70(122)102-51(30-43-20-22-44(109)23-21-43)68(120)104-52(35-127)69(121)100-47(18-12-26-91-77(85)86)64(116)95-33-59(113)98-48(19-13-27-92-78(87)88)65(117)101-50(29-42-14-8-7-9-15-42)67(119)105-54(37-129)71(123)108-61(41(5)6)74(126)106-55(38-130)72(124)107-60(40(3)4)73(125)96-34-58(112)97-46(62(80)114)17-11-25-90-76(83)84/h7-9,14-15,20-23,39-41,45-55,60-61,109,127-130H,10-13,16-19,24-38,79H2,1-6H3,(H2,80,114)(H,93,110)(H,94,115)(H,95,116)(H,96,125)(H,97,112)(H,98,113)(H,99,111)(H,100,121)(H,101,117)(H,102,122)(H,103,118)(H,104,120)(H,105,119)(H,106,126)(H,107,124)(H,108,123)(H4,81,82,89)(H4,83,84,90)(H4,85,86,91)(H4,87,88,92). The van der Waals surface area contributed by atoms with Crippen LogP contribution in [-0.4, -0.2) is 283 Å². The molecule has 37 N–H and O–H groups in total. The van der Waals surface area contributed by atoms with Gasteiger partial charge in [-0.25, -0.2) is 0 Å². The molecule has 0 fully saturated rings. The van der Waals surface area contributed by atoms with Crippen LogP contribution < -0.4 is 141 Å². The van der Waals surface area contributed by atoms with E-state index in [0.29, 0.717) is 24.0 Å². The molecule has 0 aliphatic rings. The second kappa shape index (κ2) is 61.2. The molecule has 0 aliphatic heterocycles. The number of nitrogens with two attached hydrogens (primary N) is 6. The molecule has 0 bridgehead atoms. The van der Waals surface area contributed by atoms with Gasteiger partial charge in [-0.2, -0.15) is 50.5 Å². The number of carbonyl (C=O) groups is 17. The Morgan fingerprint density at radius 3 is 1.02 bits per heavy atom. The predicted molar refractivity (Wildman–Crippen MR) is 495 cm³/mol. The van der Waals surface area contributed by atoms with Crippen molar-refractivity contribution >= 4 is 175 Å². The Labute approximate surface area is 775 Å². The van der Waals surface area contributed by atoms with Crippen LogP contribution in [-0.2, 0) is 94.3 Å². The lowest BCUT2D eigenvalue weighted by molar-refractivity contribution is -0.136. The topological polar surface area (TPSA) is 803 Å². The molecule has 130 heavy (non-hydrogen) atoms. The fraction of sp³-hybridized carbons (Fsp3) is 0.577. The minimum Gasteiger partial charge on any atom is -0.508 e. The molecule has 0 aromatic heterocycles. The third kappa shape index (κ3) is 46.1. The molecule has 52 heteroatoms. The molecule has 2 aromatic carbocycles. The first-order chi connectivity index (χ1) is 61.3. The highest BCUT2D eigenvalue weighted by molar-refractivity contribution is 7.80. The van der Waals surface area contributed by atoms with Gasteiger partial charge in [0.2, 0.25) is 100 Å². The maximum Gasteiger partial charge on any atom is 0.244 e. The maximum absolute atomic E-state index is 14.6. The molecule has 724 valence electrons. The van der Waals surface area contributed by atoms with E-state index < -0.39 is 240 Å². The Morgan fingerprint density at radius 2 is 0.615 bits per heavy atom. The third-order valence-corrected chi connectivity index (χ3v) is 20.5. The minimum absolute atomic E-state index is 0.00494. The number of aromatic hydroxyl groups is 1. The highest BCUT2D eigenvalue weighted by Gasteiger charge is 2.38. The average Bonchev–Trinajstić information content (AvgIpc) is 0.863. The molecule has 0 aliphatic carbocycles. The van der Waals surface area contributed by atoms with Crippen molar-refractivity contribution in [3.05, 3.63) is 65.7 Å².